The SMILES string of the molecule is COc1cc2c(cc1OC)C1C(CO)COC(SC)=[N+]1CC2.[I-]. The lowest BCUT2D eigenvalue weighted by atomic mass is 9.85. The molecule has 0 amide bonds. The molecule has 2 aliphatic heterocycles. The summed E-state index contributed by atoms with van der Waals surface area (Å²) in [5.74, 6) is 1.56. The molecule has 1 aromatic rings. The number of methoxy groups -OCH3 is 2. The number of ether oxygens (including phenoxy) is 3. The van der Waals surface area contributed by atoms with Crippen LogP contribution in [-0.2, 0) is 11.2 Å². The van der Waals surface area contributed by atoms with Crippen LogP contribution < -0.4 is 33.5 Å². The number of nitrogens with zero attached hydrogens (tertiary/aromatic N) is 1. The van der Waals surface area contributed by atoms with Crippen molar-refractivity contribution in [2.75, 3.05) is 40.2 Å². The molecule has 7 heteroatoms. The smallest absolute Gasteiger partial charge is 0.400 e. The molecule has 0 bridgehead atoms. The fourth-order valence-corrected chi connectivity index (χ4v) is 4.00. The number of aliphatic hydroxyl groups is 1. The average Bonchev–Trinajstić information content (AvgIpc) is 2.58. The Kier molecular flexibility index (Phi) is 6.44. The number of hydrogen-bond donors (Lipinski definition) is 1. The first kappa shape index (κ1) is 18.7. The fraction of sp³-hybridized carbons (Fsp3) is 0.562. The van der Waals surface area contributed by atoms with Gasteiger partial charge in [-0.25, -0.2) is 0 Å². The van der Waals surface area contributed by atoms with Gasteiger partial charge in [0.05, 0.1) is 26.7 Å². The van der Waals surface area contributed by atoms with Gasteiger partial charge in [0.15, 0.2) is 24.1 Å². The summed E-state index contributed by atoms with van der Waals surface area (Å²) in [6.45, 7) is 1.54. The van der Waals surface area contributed by atoms with E-state index >= 15 is 0 Å². The Labute approximate surface area is 158 Å². The second kappa shape index (κ2) is 7.94. The van der Waals surface area contributed by atoms with Crippen LogP contribution in [0.5, 0.6) is 11.5 Å². The number of aliphatic hydroxyl groups excluding tert-OH is 1. The van der Waals surface area contributed by atoms with Crippen molar-refractivity contribution >= 4 is 17.0 Å². The van der Waals surface area contributed by atoms with E-state index in [0.29, 0.717) is 6.61 Å². The van der Waals surface area contributed by atoms with Gasteiger partial charge in [-0.05, 0) is 35.7 Å². The molecule has 0 aliphatic carbocycles. The highest BCUT2D eigenvalue weighted by molar-refractivity contribution is 8.12. The first-order chi connectivity index (χ1) is 10.7. The van der Waals surface area contributed by atoms with Crippen LogP contribution in [0.2, 0.25) is 0 Å². The highest BCUT2D eigenvalue weighted by atomic mass is 127. The average molecular weight is 451 g/mol. The van der Waals surface area contributed by atoms with E-state index < -0.39 is 0 Å². The quantitative estimate of drug-likeness (QED) is 0.457. The second-order valence-electron chi connectivity index (χ2n) is 5.52. The predicted molar refractivity (Wildman–Crippen MR) is 86.2 cm³/mol. The lowest BCUT2D eigenvalue weighted by molar-refractivity contribution is -0.598. The minimum atomic E-state index is 0. The van der Waals surface area contributed by atoms with Crippen molar-refractivity contribution in [3.63, 3.8) is 0 Å². The largest absolute Gasteiger partial charge is 1.00 e. The summed E-state index contributed by atoms with van der Waals surface area (Å²) >= 11 is 1.62. The highest BCUT2D eigenvalue weighted by Crippen LogP contribution is 2.41. The van der Waals surface area contributed by atoms with E-state index in [1.165, 1.54) is 11.1 Å². The molecule has 2 aliphatic rings. The summed E-state index contributed by atoms with van der Waals surface area (Å²) in [6, 6.07) is 4.25. The Balaban J connectivity index is 0.00000192. The third-order valence-corrected chi connectivity index (χ3v) is 5.13. The highest BCUT2D eigenvalue weighted by Gasteiger charge is 2.44. The van der Waals surface area contributed by atoms with Gasteiger partial charge in [-0.2, -0.15) is 4.58 Å². The molecule has 1 N–H and O–H groups in total. The van der Waals surface area contributed by atoms with Crippen LogP contribution in [0.3, 0.4) is 0 Å². The molecule has 5 nitrogen and oxygen atoms in total. The Morgan fingerprint density at radius 2 is 2.00 bits per heavy atom. The maximum absolute atomic E-state index is 9.76. The van der Waals surface area contributed by atoms with E-state index in [4.69, 9.17) is 14.2 Å². The first-order valence-corrected chi connectivity index (χ1v) is 8.62. The van der Waals surface area contributed by atoms with Crippen LogP contribution in [-0.4, -0.2) is 55.1 Å². The molecule has 2 atom stereocenters. The van der Waals surface area contributed by atoms with Crippen LogP contribution in [0, 0.1) is 5.92 Å². The summed E-state index contributed by atoms with van der Waals surface area (Å²) in [6.07, 6.45) is 2.95. The number of hydrogen-bond acceptors (Lipinski definition) is 5. The summed E-state index contributed by atoms with van der Waals surface area (Å²) in [4.78, 5) is 0. The van der Waals surface area contributed by atoms with E-state index in [2.05, 4.69) is 16.7 Å². The van der Waals surface area contributed by atoms with Crippen LogP contribution in [0.4, 0.5) is 0 Å². The minimum Gasteiger partial charge on any atom is -1.00 e. The maximum Gasteiger partial charge on any atom is 0.400 e. The van der Waals surface area contributed by atoms with E-state index in [0.717, 1.165) is 29.7 Å². The number of halogens is 1. The lowest BCUT2D eigenvalue weighted by Gasteiger charge is -2.33. The molecule has 0 radical (unpaired) electrons. The Bertz CT molecular complexity index is 608. The van der Waals surface area contributed by atoms with Gasteiger partial charge >= 0.3 is 5.23 Å². The molecule has 2 unspecified atom stereocenters. The van der Waals surface area contributed by atoms with E-state index in [1.54, 1.807) is 26.0 Å². The predicted octanol–water partition coefficient (Wildman–Crippen LogP) is -1.32. The van der Waals surface area contributed by atoms with Crippen LogP contribution >= 0.6 is 11.8 Å². The van der Waals surface area contributed by atoms with Crippen molar-refractivity contribution in [1.29, 1.82) is 0 Å². The fourth-order valence-electron chi connectivity index (χ4n) is 3.37. The Hall–Kier alpha value is -0.670. The van der Waals surface area contributed by atoms with Crippen LogP contribution in [0.25, 0.3) is 0 Å². The first-order valence-electron chi connectivity index (χ1n) is 7.39. The molecule has 3 rings (SSSR count). The van der Waals surface area contributed by atoms with E-state index in [1.807, 2.05) is 6.26 Å². The van der Waals surface area contributed by atoms with Crippen molar-refractivity contribution < 1.29 is 47.9 Å². The molecule has 0 spiro atoms. The molecule has 128 valence electrons. The zero-order valence-corrected chi connectivity index (χ0v) is 16.5. The molecule has 23 heavy (non-hydrogen) atoms. The van der Waals surface area contributed by atoms with Crippen molar-refractivity contribution in [3.8, 4) is 11.5 Å². The van der Waals surface area contributed by atoms with Gasteiger partial charge in [-0.15, -0.1) is 0 Å². The van der Waals surface area contributed by atoms with Gasteiger partial charge in [0, 0.05) is 12.0 Å². The van der Waals surface area contributed by atoms with Gasteiger partial charge in [-0.3, -0.25) is 0 Å². The summed E-state index contributed by atoms with van der Waals surface area (Å²) in [7, 11) is 3.31. The number of rotatable bonds is 3. The standard InChI is InChI=1S/C16H22NO4S.HI/c1-19-13-6-10-4-5-17-15(12(10)7-14(13)20-2)11(8-18)9-21-16(17)22-3;/h6-7,11,15,18H,4-5,8-9H2,1-3H3;1H/q+1;/p-1. The third-order valence-electron chi connectivity index (χ3n) is 4.43. The molecule has 2 heterocycles. The third kappa shape index (κ3) is 3.28. The molecule has 1 aromatic carbocycles. The van der Waals surface area contributed by atoms with Crippen LogP contribution in [0.1, 0.15) is 17.2 Å². The molecule has 0 saturated heterocycles. The topological polar surface area (TPSA) is 50.9 Å². The van der Waals surface area contributed by atoms with Gasteiger partial charge in [-0.1, -0.05) is 0 Å². The number of thioether (sulfide) groups is 1. The molecule has 0 saturated carbocycles. The van der Waals surface area contributed by atoms with Crippen molar-refractivity contribution in [3.05, 3.63) is 23.3 Å². The Morgan fingerprint density at radius 1 is 1.30 bits per heavy atom. The molecular weight excluding hydrogens is 429 g/mol. The minimum absolute atomic E-state index is 0. The van der Waals surface area contributed by atoms with Gasteiger partial charge in [0.25, 0.3) is 0 Å². The van der Waals surface area contributed by atoms with Gasteiger partial charge in [0.2, 0.25) is 0 Å². The Morgan fingerprint density at radius 3 is 2.61 bits per heavy atom. The number of benzene rings is 1. The molecule has 0 fully saturated rings. The van der Waals surface area contributed by atoms with Crippen molar-refractivity contribution in [2.45, 2.75) is 12.5 Å². The monoisotopic (exact) mass is 451 g/mol. The zero-order valence-electron chi connectivity index (χ0n) is 13.5. The van der Waals surface area contributed by atoms with E-state index in [-0.39, 0.29) is 42.5 Å². The summed E-state index contributed by atoms with van der Waals surface area (Å²) in [5.41, 5.74) is 2.47. The van der Waals surface area contributed by atoms with Gasteiger partial charge < -0.3 is 43.3 Å². The normalized spacial score (nSPS) is 22.4. The van der Waals surface area contributed by atoms with Crippen molar-refractivity contribution in [1.82, 2.24) is 0 Å². The van der Waals surface area contributed by atoms with Crippen LogP contribution in [0.15, 0.2) is 12.1 Å². The summed E-state index contributed by atoms with van der Waals surface area (Å²) in [5, 5.41) is 10.7. The number of fused-ring (bicyclic) bond motifs is 3. The summed E-state index contributed by atoms with van der Waals surface area (Å²) < 4.78 is 18.9. The lowest BCUT2D eigenvalue weighted by Crippen LogP contribution is -3.00. The van der Waals surface area contributed by atoms with Crippen molar-refractivity contribution in [2.24, 2.45) is 5.92 Å². The van der Waals surface area contributed by atoms with Gasteiger partial charge in [0.1, 0.15) is 6.61 Å². The molecule has 0 aromatic heterocycles. The second-order valence-corrected chi connectivity index (χ2v) is 6.28. The maximum atomic E-state index is 9.76. The molecular formula is C16H22INO4S. The van der Waals surface area contributed by atoms with E-state index in [9.17, 15) is 5.11 Å². The zero-order chi connectivity index (χ0) is 15.7.